The molecular formula is C7H7ClN2O2. The third-order valence-corrected chi connectivity index (χ3v) is 1.55. The number of primary amides is 1. The van der Waals surface area contributed by atoms with Crippen LogP contribution in [0.4, 0.5) is 4.79 Å². The third kappa shape index (κ3) is 2.39. The van der Waals surface area contributed by atoms with Gasteiger partial charge in [-0.05, 0) is 6.07 Å². The summed E-state index contributed by atoms with van der Waals surface area (Å²) in [7, 11) is 0. The molecule has 0 aliphatic rings. The maximum atomic E-state index is 10.2. The Morgan fingerprint density at radius 2 is 2.50 bits per heavy atom. The van der Waals surface area contributed by atoms with Crippen LogP contribution in [0.2, 0.25) is 5.15 Å². The van der Waals surface area contributed by atoms with Crippen LogP contribution in [0.3, 0.4) is 0 Å². The third-order valence-electron chi connectivity index (χ3n) is 1.21. The number of halogens is 1. The summed E-state index contributed by atoms with van der Waals surface area (Å²) in [5, 5.41) is 0.318. The lowest BCUT2D eigenvalue weighted by Gasteiger charge is -2.01. The largest absolute Gasteiger partial charge is 0.445 e. The standard InChI is InChI=1S/C7H7ClN2O2/c8-6-5(2-1-3-10-6)4-12-7(9)11/h1-3H,4H2,(H2,9,11). The van der Waals surface area contributed by atoms with Crippen LogP contribution in [-0.2, 0) is 11.3 Å². The van der Waals surface area contributed by atoms with Crippen molar-refractivity contribution in [3.8, 4) is 0 Å². The Morgan fingerprint density at radius 1 is 1.75 bits per heavy atom. The quantitative estimate of drug-likeness (QED) is 0.709. The van der Waals surface area contributed by atoms with Gasteiger partial charge in [-0.25, -0.2) is 9.78 Å². The van der Waals surface area contributed by atoms with Gasteiger partial charge in [0.15, 0.2) is 0 Å². The molecule has 1 aromatic rings. The van der Waals surface area contributed by atoms with E-state index < -0.39 is 6.09 Å². The molecule has 5 heteroatoms. The number of ether oxygens (including phenoxy) is 1. The summed E-state index contributed by atoms with van der Waals surface area (Å²) in [6, 6.07) is 3.41. The number of hydrogen-bond donors (Lipinski definition) is 1. The highest BCUT2D eigenvalue weighted by molar-refractivity contribution is 6.30. The Hall–Kier alpha value is -1.29. The second kappa shape index (κ2) is 3.92. The summed E-state index contributed by atoms with van der Waals surface area (Å²) in [6.07, 6.45) is 0.728. The minimum atomic E-state index is -0.824. The van der Waals surface area contributed by atoms with Crippen molar-refractivity contribution in [2.24, 2.45) is 5.73 Å². The van der Waals surface area contributed by atoms with Crippen LogP contribution in [0.25, 0.3) is 0 Å². The van der Waals surface area contributed by atoms with Crippen molar-refractivity contribution < 1.29 is 9.53 Å². The van der Waals surface area contributed by atoms with E-state index in [9.17, 15) is 4.79 Å². The molecule has 0 unspecified atom stereocenters. The van der Waals surface area contributed by atoms with Gasteiger partial charge in [-0.15, -0.1) is 0 Å². The molecule has 1 aromatic heterocycles. The number of hydrogen-bond acceptors (Lipinski definition) is 3. The molecule has 64 valence electrons. The average Bonchev–Trinajstić information content (AvgIpc) is 2.03. The van der Waals surface area contributed by atoms with Gasteiger partial charge >= 0.3 is 6.09 Å². The summed E-state index contributed by atoms with van der Waals surface area (Å²) < 4.78 is 4.52. The minimum Gasteiger partial charge on any atom is -0.445 e. The van der Waals surface area contributed by atoms with Crippen molar-refractivity contribution in [1.29, 1.82) is 0 Å². The number of nitrogens with zero attached hydrogens (tertiary/aromatic N) is 1. The van der Waals surface area contributed by atoms with E-state index >= 15 is 0 Å². The minimum absolute atomic E-state index is 0.0575. The predicted molar refractivity (Wildman–Crippen MR) is 43.6 cm³/mol. The monoisotopic (exact) mass is 186 g/mol. The van der Waals surface area contributed by atoms with E-state index in [1.165, 1.54) is 0 Å². The van der Waals surface area contributed by atoms with Gasteiger partial charge < -0.3 is 10.5 Å². The van der Waals surface area contributed by atoms with Crippen LogP contribution in [0.15, 0.2) is 18.3 Å². The zero-order valence-electron chi connectivity index (χ0n) is 6.16. The second-order valence-corrected chi connectivity index (χ2v) is 2.42. The summed E-state index contributed by atoms with van der Waals surface area (Å²) in [4.78, 5) is 14.0. The van der Waals surface area contributed by atoms with Crippen molar-refractivity contribution >= 4 is 17.7 Å². The van der Waals surface area contributed by atoms with Gasteiger partial charge in [-0.1, -0.05) is 17.7 Å². The average molecular weight is 187 g/mol. The molecule has 12 heavy (non-hydrogen) atoms. The van der Waals surface area contributed by atoms with Crippen molar-refractivity contribution in [1.82, 2.24) is 4.98 Å². The molecule has 0 atom stereocenters. The molecule has 0 saturated heterocycles. The molecule has 0 aliphatic heterocycles. The molecule has 0 aliphatic carbocycles. The van der Waals surface area contributed by atoms with E-state index in [0.29, 0.717) is 10.7 Å². The Balaban J connectivity index is 2.63. The molecule has 0 bridgehead atoms. The summed E-state index contributed by atoms with van der Waals surface area (Å²) >= 11 is 5.66. The van der Waals surface area contributed by atoms with Gasteiger partial charge in [0.1, 0.15) is 11.8 Å². The highest BCUT2D eigenvalue weighted by Crippen LogP contribution is 2.11. The van der Waals surface area contributed by atoms with Crippen molar-refractivity contribution in [2.75, 3.05) is 0 Å². The molecule has 0 fully saturated rings. The van der Waals surface area contributed by atoms with Gasteiger partial charge in [0.2, 0.25) is 0 Å². The number of carbonyl (C=O) groups is 1. The summed E-state index contributed by atoms with van der Waals surface area (Å²) in [6.45, 7) is 0.0575. The molecule has 0 spiro atoms. The zero-order chi connectivity index (χ0) is 8.97. The van der Waals surface area contributed by atoms with Crippen LogP contribution in [0.1, 0.15) is 5.56 Å². The van der Waals surface area contributed by atoms with E-state index in [-0.39, 0.29) is 6.61 Å². The first kappa shape index (κ1) is 8.80. The van der Waals surface area contributed by atoms with Crippen LogP contribution in [0.5, 0.6) is 0 Å². The number of aromatic nitrogens is 1. The molecule has 2 N–H and O–H groups in total. The van der Waals surface area contributed by atoms with E-state index in [2.05, 4.69) is 9.72 Å². The molecule has 1 amide bonds. The number of amides is 1. The van der Waals surface area contributed by atoms with Crippen molar-refractivity contribution in [3.63, 3.8) is 0 Å². The maximum Gasteiger partial charge on any atom is 0.404 e. The van der Waals surface area contributed by atoms with Gasteiger partial charge in [0, 0.05) is 11.8 Å². The van der Waals surface area contributed by atoms with E-state index in [4.69, 9.17) is 17.3 Å². The number of nitrogens with two attached hydrogens (primary N) is 1. The molecule has 0 saturated carbocycles. The fraction of sp³-hybridized carbons (Fsp3) is 0.143. The van der Waals surface area contributed by atoms with E-state index in [1.54, 1.807) is 18.3 Å². The second-order valence-electron chi connectivity index (χ2n) is 2.06. The smallest absolute Gasteiger partial charge is 0.404 e. The first-order valence-electron chi connectivity index (χ1n) is 3.22. The van der Waals surface area contributed by atoms with Gasteiger partial charge in [0.25, 0.3) is 0 Å². The number of rotatable bonds is 2. The topological polar surface area (TPSA) is 65.2 Å². The molecule has 0 radical (unpaired) electrons. The van der Waals surface area contributed by atoms with E-state index in [1.807, 2.05) is 0 Å². The molecule has 1 rings (SSSR count). The lowest BCUT2D eigenvalue weighted by Crippen LogP contribution is -2.12. The fourth-order valence-electron chi connectivity index (χ4n) is 0.676. The van der Waals surface area contributed by atoms with Crippen molar-refractivity contribution in [3.05, 3.63) is 29.0 Å². The Morgan fingerprint density at radius 3 is 3.08 bits per heavy atom. The lowest BCUT2D eigenvalue weighted by molar-refractivity contribution is 0.150. The van der Waals surface area contributed by atoms with Crippen LogP contribution < -0.4 is 5.73 Å². The fourth-order valence-corrected chi connectivity index (χ4v) is 0.850. The van der Waals surface area contributed by atoms with Crippen LogP contribution in [0, 0.1) is 0 Å². The summed E-state index contributed by atoms with van der Waals surface area (Å²) in [5.74, 6) is 0. The normalized spacial score (nSPS) is 9.42. The Bertz CT molecular complexity index is 290. The molecule has 1 heterocycles. The molecular weight excluding hydrogens is 180 g/mol. The predicted octanol–water partition coefficient (Wildman–Crippen LogP) is 1.33. The highest BCUT2D eigenvalue weighted by atomic mass is 35.5. The number of carbonyl (C=O) groups excluding carboxylic acids is 1. The molecule has 4 nitrogen and oxygen atoms in total. The van der Waals surface area contributed by atoms with E-state index in [0.717, 1.165) is 0 Å². The van der Waals surface area contributed by atoms with Crippen LogP contribution in [-0.4, -0.2) is 11.1 Å². The molecule has 0 aromatic carbocycles. The number of pyridine rings is 1. The first-order valence-corrected chi connectivity index (χ1v) is 3.59. The Labute approximate surface area is 74.3 Å². The van der Waals surface area contributed by atoms with Crippen molar-refractivity contribution in [2.45, 2.75) is 6.61 Å². The zero-order valence-corrected chi connectivity index (χ0v) is 6.91. The van der Waals surface area contributed by atoms with Gasteiger partial charge in [0.05, 0.1) is 0 Å². The Kier molecular flexibility index (Phi) is 2.88. The van der Waals surface area contributed by atoms with Crippen LogP contribution >= 0.6 is 11.6 Å². The van der Waals surface area contributed by atoms with Gasteiger partial charge in [-0.3, -0.25) is 0 Å². The highest BCUT2D eigenvalue weighted by Gasteiger charge is 2.01. The first-order chi connectivity index (χ1) is 5.70. The SMILES string of the molecule is NC(=O)OCc1cccnc1Cl. The van der Waals surface area contributed by atoms with Gasteiger partial charge in [-0.2, -0.15) is 0 Å². The lowest BCUT2D eigenvalue weighted by atomic mass is 10.3. The summed E-state index contributed by atoms with van der Waals surface area (Å²) in [5.41, 5.74) is 5.40. The maximum absolute atomic E-state index is 10.2.